The van der Waals surface area contributed by atoms with Crippen LogP contribution in [-0.4, -0.2) is 48.3 Å². The maximum absolute atomic E-state index is 13.0. The first kappa shape index (κ1) is 15.6. The summed E-state index contributed by atoms with van der Waals surface area (Å²) in [5.74, 6) is 0.0564. The fourth-order valence-electron chi connectivity index (χ4n) is 3.92. The Balaban J connectivity index is 1.66. The van der Waals surface area contributed by atoms with Crippen molar-refractivity contribution in [3.63, 3.8) is 0 Å². The van der Waals surface area contributed by atoms with E-state index in [0.29, 0.717) is 6.61 Å². The Morgan fingerprint density at radius 1 is 1.45 bits per heavy atom. The third kappa shape index (κ3) is 2.82. The topological polar surface area (TPSA) is 34.6 Å². The van der Waals surface area contributed by atoms with E-state index in [4.69, 9.17) is 9.47 Å². The first-order valence-corrected chi connectivity index (χ1v) is 7.78. The molecule has 0 unspecified atom stereocenters. The standard InChI is InChI=1S/C16H22F2N2O2/c1-21-11-16-6-3-9-20(16)12(5-7-16)10-22-15-13(14(17)18)4-2-8-19-15/h2,4,8,12,14H,3,5-7,9-11H2,1H3/t12-,16-/m0/s1. The van der Waals surface area contributed by atoms with E-state index in [0.717, 1.165) is 38.8 Å². The molecule has 6 heteroatoms. The molecule has 2 saturated heterocycles. The van der Waals surface area contributed by atoms with Gasteiger partial charge in [0.15, 0.2) is 0 Å². The number of hydrogen-bond donors (Lipinski definition) is 0. The predicted molar refractivity (Wildman–Crippen MR) is 78.3 cm³/mol. The van der Waals surface area contributed by atoms with Crippen molar-refractivity contribution in [2.24, 2.45) is 0 Å². The number of ether oxygens (including phenoxy) is 2. The van der Waals surface area contributed by atoms with Gasteiger partial charge in [-0.3, -0.25) is 4.90 Å². The Hall–Kier alpha value is -1.27. The third-order valence-corrected chi connectivity index (χ3v) is 4.90. The lowest BCUT2D eigenvalue weighted by atomic mass is 9.95. The SMILES string of the molecule is COC[C@@]12CCCN1[C@H](COc1ncccc1C(F)F)CC2. The van der Waals surface area contributed by atoms with Crippen LogP contribution in [0.1, 0.15) is 37.7 Å². The molecule has 0 saturated carbocycles. The lowest BCUT2D eigenvalue weighted by Crippen LogP contribution is -2.47. The number of nitrogens with zero attached hydrogens (tertiary/aromatic N) is 2. The molecule has 0 radical (unpaired) electrons. The Kier molecular flexibility index (Phi) is 4.59. The second-order valence-corrected chi connectivity index (χ2v) is 6.16. The van der Waals surface area contributed by atoms with Crippen LogP contribution in [0, 0.1) is 0 Å². The van der Waals surface area contributed by atoms with Gasteiger partial charge in [-0.2, -0.15) is 0 Å². The zero-order valence-electron chi connectivity index (χ0n) is 12.8. The van der Waals surface area contributed by atoms with Crippen LogP contribution in [0.15, 0.2) is 18.3 Å². The molecule has 2 aliphatic heterocycles. The van der Waals surface area contributed by atoms with Gasteiger partial charge in [0.25, 0.3) is 6.43 Å². The van der Waals surface area contributed by atoms with E-state index >= 15 is 0 Å². The molecule has 2 atom stereocenters. The van der Waals surface area contributed by atoms with Gasteiger partial charge in [-0.1, -0.05) is 0 Å². The molecule has 0 aromatic carbocycles. The highest BCUT2D eigenvalue weighted by atomic mass is 19.3. The summed E-state index contributed by atoms with van der Waals surface area (Å²) in [7, 11) is 1.73. The monoisotopic (exact) mass is 312 g/mol. The minimum Gasteiger partial charge on any atom is -0.476 e. The Labute approximate surface area is 129 Å². The molecule has 1 aromatic heterocycles. The van der Waals surface area contributed by atoms with Crippen LogP contribution in [0.2, 0.25) is 0 Å². The zero-order valence-corrected chi connectivity index (χ0v) is 12.8. The van der Waals surface area contributed by atoms with Crippen molar-refractivity contribution in [1.82, 2.24) is 9.88 Å². The van der Waals surface area contributed by atoms with Crippen LogP contribution in [-0.2, 0) is 4.74 Å². The summed E-state index contributed by atoms with van der Waals surface area (Å²) in [6.45, 7) is 2.17. The summed E-state index contributed by atoms with van der Waals surface area (Å²) in [6, 6.07) is 3.13. The number of aromatic nitrogens is 1. The first-order chi connectivity index (χ1) is 10.7. The number of fused-ring (bicyclic) bond motifs is 1. The lowest BCUT2D eigenvalue weighted by Gasteiger charge is -2.34. The molecule has 22 heavy (non-hydrogen) atoms. The van der Waals surface area contributed by atoms with Crippen LogP contribution < -0.4 is 4.74 Å². The quantitative estimate of drug-likeness (QED) is 0.808. The Morgan fingerprint density at radius 2 is 2.32 bits per heavy atom. The fraction of sp³-hybridized carbons (Fsp3) is 0.688. The normalized spacial score (nSPS) is 28.3. The van der Waals surface area contributed by atoms with Gasteiger partial charge < -0.3 is 9.47 Å². The van der Waals surface area contributed by atoms with Crippen LogP contribution >= 0.6 is 0 Å². The van der Waals surface area contributed by atoms with Gasteiger partial charge in [-0.15, -0.1) is 0 Å². The van der Waals surface area contributed by atoms with Gasteiger partial charge in [0.1, 0.15) is 6.61 Å². The average Bonchev–Trinajstić information content (AvgIpc) is 3.05. The van der Waals surface area contributed by atoms with Crippen LogP contribution in [0.25, 0.3) is 0 Å². The molecule has 0 amide bonds. The molecule has 3 heterocycles. The van der Waals surface area contributed by atoms with Gasteiger partial charge in [-0.25, -0.2) is 13.8 Å². The van der Waals surface area contributed by atoms with Gasteiger partial charge in [0, 0.05) is 24.9 Å². The number of halogens is 2. The van der Waals surface area contributed by atoms with Gasteiger partial charge in [0.05, 0.1) is 12.2 Å². The van der Waals surface area contributed by atoms with E-state index in [1.807, 2.05) is 0 Å². The molecule has 122 valence electrons. The van der Waals surface area contributed by atoms with Crippen molar-refractivity contribution in [3.05, 3.63) is 23.9 Å². The summed E-state index contributed by atoms with van der Waals surface area (Å²) in [6.07, 6.45) is 3.32. The lowest BCUT2D eigenvalue weighted by molar-refractivity contribution is 0.0390. The van der Waals surface area contributed by atoms with Crippen LogP contribution in [0.4, 0.5) is 8.78 Å². The Morgan fingerprint density at radius 3 is 3.09 bits per heavy atom. The van der Waals surface area contributed by atoms with Gasteiger partial charge >= 0.3 is 0 Å². The van der Waals surface area contributed by atoms with Crippen molar-refractivity contribution >= 4 is 0 Å². The van der Waals surface area contributed by atoms with Crippen molar-refractivity contribution in [2.75, 3.05) is 26.9 Å². The van der Waals surface area contributed by atoms with E-state index < -0.39 is 6.43 Å². The molecule has 0 N–H and O–H groups in total. The third-order valence-electron chi connectivity index (χ3n) is 4.90. The van der Waals surface area contributed by atoms with Crippen LogP contribution in [0.5, 0.6) is 5.88 Å². The number of pyridine rings is 1. The van der Waals surface area contributed by atoms with Crippen LogP contribution in [0.3, 0.4) is 0 Å². The van der Waals surface area contributed by atoms with E-state index in [1.54, 1.807) is 7.11 Å². The highest BCUT2D eigenvalue weighted by Crippen LogP contribution is 2.42. The summed E-state index contributed by atoms with van der Waals surface area (Å²) >= 11 is 0. The molecule has 2 aliphatic rings. The number of alkyl halides is 2. The minimum atomic E-state index is -2.56. The van der Waals surface area contributed by atoms with Gasteiger partial charge in [0.2, 0.25) is 5.88 Å². The predicted octanol–water partition coefficient (Wildman–Crippen LogP) is 3.04. The highest BCUT2D eigenvalue weighted by molar-refractivity contribution is 5.26. The molecule has 0 spiro atoms. The van der Waals surface area contributed by atoms with E-state index in [9.17, 15) is 8.78 Å². The highest BCUT2D eigenvalue weighted by Gasteiger charge is 2.49. The largest absolute Gasteiger partial charge is 0.476 e. The Bertz CT molecular complexity index is 515. The number of hydrogen-bond acceptors (Lipinski definition) is 4. The van der Waals surface area contributed by atoms with E-state index in [2.05, 4.69) is 9.88 Å². The molecule has 3 rings (SSSR count). The average molecular weight is 312 g/mol. The second kappa shape index (κ2) is 6.46. The molecule has 0 bridgehead atoms. The molecule has 2 fully saturated rings. The molecule has 4 nitrogen and oxygen atoms in total. The smallest absolute Gasteiger partial charge is 0.269 e. The van der Waals surface area contributed by atoms with Gasteiger partial charge in [-0.05, 0) is 44.4 Å². The minimum absolute atomic E-state index is 0.0564. The summed E-state index contributed by atoms with van der Waals surface area (Å²) in [4.78, 5) is 6.40. The second-order valence-electron chi connectivity index (χ2n) is 6.16. The molecular formula is C16H22F2N2O2. The zero-order chi connectivity index (χ0) is 15.6. The van der Waals surface area contributed by atoms with Crippen molar-refractivity contribution in [1.29, 1.82) is 0 Å². The first-order valence-electron chi connectivity index (χ1n) is 7.78. The maximum atomic E-state index is 13.0. The summed E-state index contributed by atoms with van der Waals surface area (Å²) in [5, 5.41) is 0. The molecule has 1 aromatic rings. The van der Waals surface area contributed by atoms with Crippen molar-refractivity contribution in [3.8, 4) is 5.88 Å². The maximum Gasteiger partial charge on any atom is 0.269 e. The molecule has 0 aliphatic carbocycles. The van der Waals surface area contributed by atoms with Crippen molar-refractivity contribution in [2.45, 2.75) is 43.7 Å². The summed E-state index contributed by atoms with van der Waals surface area (Å²) < 4.78 is 37.0. The van der Waals surface area contributed by atoms with Crippen molar-refractivity contribution < 1.29 is 18.3 Å². The number of methoxy groups -OCH3 is 1. The van der Waals surface area contributed by atoms with E-state index in [-0.39, 0.29) is 23.0 Å². The summed E-state index contributed by atoms with van der Waals surface area (Å²) in [5.41, 5.74) is -0.0107. The van der Waals surface area contributed by atoms with E-state index in [1.165, 1.54) is 18.3 Å². The fourth-order valence-corrected chi connectivity index (χ4v) is 3.92. The number of rotatable bonds is 6. The molecular weight excluding hydrogens is 290 g/mol.